The van der Waals surface area contributed by atoms with Crippen molar-refractivity contribution >= 4 is 25.6 Å². The van der Waals surface area contributed by atoms with E-state index in [4.69, 9.17) is 10.7 Å². The quantitative estimate of drug-likeness (QED) is 0.487. The zero-order chi connectivity index (χ0) is 14.9. The molecule has 1 aromatic heterocycles. The average Bonchev–Trinajstić information content (AvgIpc) is 2.76. The summed E-state index contributed by atoms with van der Waals surface area (Å²) in [6.45, 7) is -0.153. The second-order valence-corrected chi connectivity index (χ2v) is 6.34. The second-order valence-electron chi connectivity index (χ2n) is 3.80. The van der Waals surface area contributed by atoms with Crippen LogP contribution in [-0.4, -0.2) is 23.1 Å². The zero-order valence-corrected chi connectivity index (χ0v) is 11.3. The van der Waals surface area contributed by atoms with Crippen molar-refractivity contribution in [1.29, 1.82) is 0 Å². The van der Waals surface area contributed by atoms with Crippen LogP contribution in [0.4, 0.5) is 10.2 Å². The molecule has 0 N–H and O–H groups in total. The van der Waals surface area contributed by atoms with E-state index in [2.05, 4.69) is 5.10 Å². The van der Waals surface area contributed by atoms with Gasteiger partial charge in [0.15, 0.2) is 0 Å². The Morgan fingerprint density at radius 1 is 1.40 bits per heavy atom. The van der Waals surface area contributed by atoms with Gasteiger partial charge in [0.05, 0.1) is 17.8 Å². The fraction of sp³-hybridized carbons (Fsp3) is 0.100. The summed E-state index contributed by atoms with van der Waals surface area (Å²) < 4.78 is 36.9. The largest absolute Gasteiger partial charge is 0.410 e. The molecule has 20 heavy (non-hydrogen) atoms. The van der Waals surface area contributed by atoms with E-state index in [-0.39, 0.29) is 12.1 Å². The molecule has 0 aliphatic carbocycles. The van der Waals surface area contributed by atoms with Crippen LogP contribution in [-0.2, 0) is 15.6 Å². The molecule has 0 radical (unpaired) electrons. The molecule has 1 aromatic carbocycles. The number of nitro groups is 1. The Labute approximate surface area is 117 Å². The molecule has 2 aromatic rings. The highest BCUT2D eigenvalue weighted by molar-refractivity contribution is 8.13. The Morgan fingerprint density at radius 2 is 2.05 bits per heavy atom. The van der Waals surface area contributed by atoms with Crippen molar-refractivity contribution in [3.05, 3.63) is 52.0 Å². The first kappa shape index (κ1) is 14.4. The lowest BCUT2D eigenvalue weighted by Crippen LogP contribution is -2.03. The first-order chi connectivity index (χ1) is 9.29. The van der Waals surface area contributed by atoms with Crippen molar-refractivity contribution in [1.82, 2.24) is 9.78 Å². The number of hydrogen-bond acceptors (Lipinski definition) is 5. The van der Waals surface area contributed by atoms with E-state index >= 15 is 0 Å². The minimum atomic E-state index is -4.31. The Balaban J connectivity index is 2.45. The monoisotopic (exact) mass is 319 g/mol. The van der Waals surface area contributed by atoms with E-state index in [0.717, 1.165) is 10.9 Å². The smallest absolute Gasteiger partial charge is 0.358 e. The molecule has 0 bridgehead atoms. The van der Waals surface area contributed by atoms with E-state index in [1.54, 1.807) is 6.07 Å². The van der Waals surface area contributed by atoms with Gasteiger partial charge in [-0.05, 0) is 11.0 Å². The van der Waals surface area contributed by atoms with Gasteiger partial charge in [-0.2, -0.15) is 4.68 Å². The van der Waals surface area contributed by atoms with Crippen LogP contribution in [0.2, 0.25) is 0 Å². The number of rotatable bonds is 4. The minimum Gasteiger partial charge on any atom is -0.358 e. The maximum Gasteiger partial charge on any atom is 0.410 e. The van der Waals surface area contributed by atoms with Gasteiger partial charge in [-0.3, -0.25) is 0 Å². The summed E-state index contributed by atoms with van der Waals surface area (Å²) in [5.41, 5.74) is 0.211. The van der Waals surface area contributed by atoms with Gasteiger partial charge in [0.25, 0.3) is 9.05 Å². The van der Waals surface area contributed by atoms with Crippen molar-refractivity contribution in [2.24, 2.45) is 0 Å². The van der Waals surface area contributed by atoms with Gasteiger partial charge in [0.1, 0.15) is 5.82 Å². The van der Waals surface area contributed by atoms with Crippen LogP contribution in [0, 0.1) is 15.9 Å². The van der Waals surface area contributed by atoms with Crippen LogP contribution in [0.15, 0.2) is 35.4 Å². The topological polar surface area (TPSA) is 95.1 Å². The molecule has 10 heteroatoms. The summed E-state index contributed by atoms with van der Waals surface area (Å²) in [4.78, 5) is 9.05. The van der Waals surface area contributed by atoms with Crippen LogP contribution < -0.4 is 0 Å². The van der Waals surface area contributed by atoms with Gasteiger partial charge < -0.3 is 10.1 Å². The normalized spacial score (nSPS) is 11.5. The minimum absolute atomic E-state index is 0.153. The fourth-order valence-electron chi connectivity index (χ4n) is 1.57. The van der Waals surface area contributed by atoms with Gasteiger partial charge in [0, 0.05) is 16.2 Å². The van der Waals surface area contributed by atoms with Gasteiger partial charge in [-0.1, -0.05) is 18.2 Å². The third kappa shape index (κ3) is 2.94. The number of aromatic nitrogens is 2. The molecule has 106 valence electrons. The van der Waals surface area contributed by atoms with Crippen molar-refractivity contribution in [3.8, 4) is 0 Å². The van der Waals surface area contributed by atoms with Gasteiger partial charge in [-0.25, -0.2) is 12.8 Å². The predicted molar refractivity (Wildman–Crippen MR) is 67.4 cm³/mol. The number of halogens is 2. The summed E-state index contributed by atoms with van der Waals surface area (Å²) in [7, 11) is 0.789. The standard InChI is InChI=1S/C10H7ClFN3O4S/c11-20(18,19)9-6-14(13-10(9)15(16)17)5-7-3-1-2-4-8(7)12/h1-4,6H,5H2. The van der Waals surface area contributed by atoms with Crippen molar-refractivity contribution in [2.45, 2.75) is 11.4 Å². The van der Waals surface area contributed by atoms with Crippen LogP contribution in [0.25, 0.3) is 0 Å². The molecule has 0 saturated carbocycles. The summed E-state index contributed by atoms with van der Waals surface area (Å²) in [5, 5.41) is 14.2. The lowest BCUT2D eigenvalue weighted by molar-refractivity contribution is -0.392. The third-order valence-electron chi connectivity index (χ3n) is 2.44. The Kier molecular flexibility index (Phi) is 3.73. The number of hydrogen-bond donors (Lipinski definition) is 0. The van der Waals surface area contributed by atoms with Crippen LogP contribution in [0.3, 0.4) is 0 Å². The molecule has 1 heterocycles. The van der Waals surface area contributed by atoms with Crippen molar-refractivity contribution < 1.29 is 17.7 Å². The molecular formula is C10H7ClFN3O4S. The van der Waals surface area contributed by atoms with Crippen molar-refractivity contribution in [2.75, 3.05) is 0 Å². The molecule has 7 nitrogen and oxygen atoms in total. The lowest BCUT2D eigenvalue weighted by Gasteiger charge is -1.99. The number of nitrogens with zero attached hydrogens (tertiary/aromatic N) is 3. The molecule has 0 atom stereocenters. The van der Waals surface area contributed by atoms with E-state index < -0.39 is 30.5 Å². The third-order valence-corrected chi connectivity index (χ3v) is 3.75. The van der Waals surface area contributed by atoms with E-state index in [1.807, 2.05) is 0 Å². The van der Waals surface area contributed by atoms with Crippen LogP contribution in [0.1, 0.15) is 5.56 Å². The summed E-state index contributed by atoms with van der Waals surface area (Å²) in [5.74, 6) is -1.42. The zero-order valence-electron chi connectivity index (χ0n) is 9.73. The second kappa shape index (κ2) is 5.17. The Bertz CT molecular complexity index is 775. The van der Waals surface area contributed by atoms with E-state index in [0.29, 0.717) is 0 Å². The highest BCUT2D eigenvalue weighted by Gasteiger charge is 2.30. The highest BCUT2D eigenvalue weighted by Crippen LogP contribution is 2.25. The number of benzene rings is 1. The summed E-state index contributed by atoms with van der Waals surface area (Å²) >= 11 is 0. The first-order valence-corrected chi connectivity index (χ1v) is 7.50. The SMILES string of the molecule is O=[N+]([O-])c1nn(Cc2ccccc2F)cc1S(=O)(=O)Cl. The maximum atomic E-state index is 13.5. The van der Waals surface area contributed by atoms with Gasteiger partial charge >= 0.3 is 5.82 Å². The Morgan fingerprint density at radius 3 is 2.55 bits per heavy atom. The maximum absolute atomic E-state index is 13.5. The molecule has 0 aliphatic rings. The molecule has 0 amide bonds. The average molecular weight is 320 g/mol. The lowest BCUT2D eigenvalue weighted by atomic mass is 10.2. The van der Waals surface area contributed by atoms with E-state index in [1.165, 1.54) is 18.2 Å². The predicted octanol–water partition coefficient (Wildman–Crippen LogP) is 1.91. The first-order valence-electron chi connectivity index (χ1n) is 5.19. The Hall–Kier alpha value is -2.00. The molecule has 0 fully saturated rings. The summed E-state index contributed by atoms with van der Waals surface area (Å²) in [6, 6.07) is 5.73. The fourth-order valence-corrected chi connectivity index (χ4v) is 2.48. The molecule has 2 rings (SSSR count). The van der Waals surface area contributed by atoms with Gasteiger partial charge in [-0.15, -0.1) is 0 Å². The molecule has 0 unspecified atom stereocenters. The molecule has 0 aliphatic heterocycles. The highest BCUT2D eigenvalue weighted by atomic mass is 35.7. The van der Waals surface area contributed by atoms with Gasteiger partial charge in [0.2, 0.25) is 4.90 Å². The van der Waals surface area contributed by atoms with E-state index in [9.17, 15) is 22.9 Å². The van der Waals surface area contributed by atoms with Crippen LogP contribution in [0.5, 0.6) is 0 Å². The van der Waals surface area contributed by atoms with Crippen LogP contribution >= 0.6 is 10.7 Å². The summed E-state index contributed by atoms with van der Waals surface area (Å²) in [6.07, 6.45) is 0.896. The molecule has 0 saturated heterocycles. The molecular weight excluding hydrogens is 313 g/mol. The van der Waals surface area contributed by atoms with Crippen molar-refractivity contribution in [3.63, 3.8) is 0 Å². The molecule has 0 spiro atoms.